The van der Waals surface area contributed by atoms with E-state index in [4.69, 9.17) is 10.5 Å². The Morgan fingerprint density at radius 1 is 1.68 bits per heavy atom. The predicted octanol–water partition coefficient (Wildman–Crippen LogP) is 2.51. The van der Waals surface area contributed by atoms with E-state index in [-0.39, 0.29) is 30.5 Å². The van der Waals surface area contributed by atoms with Crippen molar-refractivity contribution in [1.82, 2.24) is 4.90 Å². The summed E-state index contributed by atoms with van der Waals surface area (Å²) in [5, 5.41) is 1.88. The normalized spacial score (nSPS) is 23.0. The minimum atomic E-state index is 0. The molecule has 2 rings (SSSR count). The number of hydrogen-bond donors (Lipinski definition) is 1. The first-order chi connectivity index (χ1) is 8.65. The molecule has 2 N–H and O–H groups in total. The van der Waals surface area contributed by atoms with Crippen LogP contribution in [0.5, 0.6) is 0 Å². The Labute approximate surface area is 131 Å². The van der Waals surface area contributed by atoms with Crippen LogP contribution in [0, 0.1) is 0 Å². The van der Waals surface area contributed by atoms with Gasteiger partial charge in [-0.2, -0.15) is 0 Å². The second-order valence-electron chi connectivity index (χ2n) is 4.41. The van der Waals surface area contributed by atoms with Gasteiger partial charge in [0.2, 0.25) is 0 Å². The molecular weight excluding hydrogens is 352 g/mol. The van der Waals surface area contributed by atoms with Gasteiger partial charge in [0.15, 0.2) is 0 Å². The lowest BCUT2D eigenvalue weighted by Gasteiger charge is -2.38. The molecule has 0 spiro atoms. The minimum Gasteiger partial charge on any atom is -0.381 e. The van der Waals surface area contributed by atoms with Crippen LogP contribution in [0.2, 0.25) is 0 Å². The minimum absolute atomic E-state index is 0. The van der Waals surface area contributed by atoms with Crippen molar-refractivity contribution in [2.75, 3.05) is 20.2 Å². The monoisotopic (exact) mass is 368 g/mol. The lowest BCUT2D eigenvalue weighted by atomic mass is 9.98. The van der Waals surface area contributed by atoms with E-state index in [9.17, 15) is 4.79 Å². The largest absolute Gasteiger partial charge is 0.381 e. The molecule has 4 nitrogen and oxygen atoms in total. The maximum Gasteiger partial charge on any atom is 0.255 e. The summed E-state index contributed by atoms with van der Waals surface area (Å²) in [4.78, 5) is 14.3. The van der Waals surface area contributed by atoms with Gasteiger partial charge in [0.05, 0.1) is 15.5 Å². The molecule has 0 aliphatic carbocycles. The topological polar surface area (TPSA) is 55.6 Å². The molecule has 1 aliphatic heterocycles. The number of ether oxygens (including phenoxy) is 1. The van der Waals surface area contributed by atoms with Crippen LogP contribution in [0.4, 0.5) is 0 Å². The van der Waals surface area contributed by atoms with E-state index in [2.05, 4.69) is 15.9 Å². The highest BCUT2D eigenvalue weighted by Gasteiger charge is 2.31. The molecule has 1 fully saturated rings. The molecule has 2 atom stereocenters. The Kier molecular flexibility index (Phi) is 6.76. The van der Waals surface area contributed by atoms with Crippen LogP contribution in [-0.4, -0.2) is 43.2 Å². The van der Waals surface area contributed by atoms with Crippen LogP contribution in [0.3, 0.4) is 0 Å². The molecular formula is C12H18BrClN2O2S. The fourth-order valence-corrected chi connectivity index (χ4v) is 3.44. The maximum absolute atomic E-state index is 12.4. The number of carbonyl (C=O) groups excluding carboxylic acids is 1. The van der Waals surface area contributed by atoms with E-state index < -0.39 is 0 Å². The molecule has 1 saturated heterocycles. The van der Waals surface area contributed by atoms with Gasteiger partial charge in [0.25, 0.3) is 5.91 Å². The first kappa shape index (κ1) is 16.9. The number of methoxy groups -OCH3 is 1. The van der Waals surface area contributed by atoms with Crippen molar-refractivity contribution in [2.24, 2.45) is 5.73 Å². The van der Waals surface area contributed by atoms with Crippen LogP contribution in [0.15, 0.2) is 15.2 Å². The highest BCUT2D eigenvalue weighted by atomic mass is 79.9. The number of hydrogen-bond acceptors (Lipinski definition) is 4. The van der Waals surface area contributed by atoms with Gasteiger partial charge >= 0.3 is 0 Å². The number of piperidine rings is 1. The zero-order chi connectivity index (χ0) is 13.1. The zero-order valence-electron chi connectivity index (χ0n) is 10.7. The number of amides is 1. The number of halogens is 2. The van der Waals surface area contributed by atoms with Crippen molar-refractivity contribution in [3.8, 4) is 0 Å². The number of thiophene rings is 1. The average molecular weight is 370 g/mol. The van der Waals surface area contributed by atoms with Crippen molar-refractivity contribution < 1.29 is 9.53 Å². The van der Waals surface area contributed by atoms with Gasteiger partial charge in [-0.3, -0.25) is 4.79 Å². The number of nitrogens with zero attached hydrogens (tertiary/aromatic N) is 1. The third-order valence-corrected chi connectivity index (χ3v) is 4.85. The van der Waals surface area contributed by atoms with Gasteiger partial charge in [-0.15, -0.1) is 23.7 Å². The Balaban J connectivity index is 0.00000180. The molecule has 2 unspecified atom stereocenters. The maximum atomic E-state index is 12.4. The summed E-state index contributed by atoms with van der Waals surface area (Å²) in [5.41, 5.74) is 6.51. The molecule has 108 valence electrons. The highest BCUT2D eigenvalue weighted by Crippen LogP contribution is 2.25. The van der Waals surface area contributed by atoms with Crippen molar-refractivity contribution in [3.63, 3.8) is 0 Å². The third kappa shape index (κ3) is 3.92. The second kappa shape index (κ2) is 7.59. The summed E-state index contributed by atoms with van der Waals surface area (Å²) in [5.74, 6) is 0.0713. The van der Waals surface area contributed by atoms with Gasteiger partial charge < -0.3 is 15.4 Å². The zero-order valence-corrected chi connectivity index (χ0v) is 13.9. The number of likely N-dealkylation sites (tertiary alicyclic amines) is 1. The van der Waals surface area contributed by atoms with E-state index in [1.165, 1.54) is 11.3 Å². The van der Waals surface area contributed by atoms with Gasteiger partial charge in [-0.25, -0.2) is 0 Å². The van der Waals surface area contributed by atoms with Crippen molar-refractivity contribution >= 4 is 45.6 Å². The van der Waals surface area contributed by atoms with Crippen LogP contribution >= 0.6 is 39.7 Å². The average Bonchev–Trinajstić information content (AvgIpc) is 2.83. The quantitative estimate of drug-likeness (QED) is 0.890. The molecule has 1 aromatic rings. The van der Waals surface area contributed by atoms with E-state index in [0.717, 1.165) is 22.2 Å². The Morgan fingerprint density at radius 2 is 2.42 bits per heavy atom. The van der Waals surface area contributed by atoms with Crippen molar-refractivity contribution in [1.29, 1.82) is 0 Å². The Hall–Kier alpha value is -0.140. The fourth-order valence-electron chi connectivity index (χ4n) is 2.31. The first-order valence-electron chi connectivity index (χ1n) is 5.93. The highest BCUT2D eigenvalue weighted by molar-refractivity contribution is 9.11. The lowest BCUT2D eigenvalue weighted by molar-refractivity contribution is 0.0139. The Morgan fingerprint density at radius 3 is 2.95 bits per heavy atom. The summed E-state index contributed by atoms with van der Waals surface area (Å²) in [6.45, 7) is 1.20. The smallest absolute Gasteiger partial charge is 0.255 e. The summed E-state index contributed by atoms with van der Waals surface area (Å²) in [6, 6.07) is 1.94. The second-order valence-corrected chi connectivity index (χ2v) is 6.70. The fraction of sp³-hybridized carbons (Fsp3) is 0.583. The van der Waals surface area contributed by atoms with Gasteiger partial charge in [0, 0.05) is 31.6 Å². The van der Waals surface area contributed by atoms with E-state index in [0.29, 0.717) is 13.1 Å². The SMILES string of the molecule is COC1CCN(C(=O)c2csc(Br)c2)C(CN)C1.Cl. The molecule has 0 aromatic carbocycles. The molecule has 1 aliphatic rings. The van der Waals surface area contributed by atoms with Crippen LogP contribution in [-0.2, 0) is 4.74 Å². The molecule has 0 bridgehead atoms. The Bertz CT molecular complexity index is 430. The number of nitrogens with two attached hydrogens (primary N) is 1. The molecule has 0 radical (unpaired) electrons. The van der Waals surface area contributed by atoms with Crippen LogP contribution in [0.25, 0.3) is 0 Å². The molecule has 19 heavy (non-hydrogen) atoms. The van der Waals surface area contributed by atoms with E-state index in [1.807, 2.05) is 16.3 Å². The third-order valence-electron chi connectivity index (χ3n) is 3.35. The van der Waals surface area contributed by atoms with E-state index >= 15 is 0 Å². The lowest BCUT2D eigenvalue weighted by Crippen LogP contribution is -2.51. The molecule has 0 saturated carbocycles. The van der Waals surface area contributed by atoms with Gasteiger partial charge in [0.1, 0.15) is 0 Å². The van der Waals surface area contributed by atoms with Crippen LogP contribution < -0.4 is 5.73 Å². The number of carbonyl (C=O) groups is 1. The van der Waals surface area contributed by atoms with Gasteiger partial charge in [-0.1, -0.05) is 0 Å². The summed E-state index contributed by atoms with van der Waals surface area (Å²) < 4.78 is 6.34. The standard InChI is InChI=1S/C12H17BrN2O2S.ClH/c1-17-10-2-3-15(9(5-10)6-14)12(16)8-4-11(13)18-7-8;/h4,7,9-10H,2-3,5-6,14H2,1H3;1H. The van der Waals surface area contributed by atoms with Crippen molar-refractivity contribution in [3.05, 3.63) is 20.8 Å². The van der Waals surface area contributed by atoms with Crippen molar-refractivity contribution in [2.45, 2.75) is 25.0 Å². The number of rotatable bonds is 3. The van der Waals surface area contributed by atoms with E-state index in [1.54, 1.807) is 7.11 Å². The van der Waals surface area contributed by atoms with Crippen LogP contribution in [0.1, 0.15) is 23.2 Å². The van der Waals surface area contributed by atoms with Gasteiger partial charge in [-0.05, 0) is 34.8 Å². The summed E-state index contributed by atoms with van der Waals surface area (Å²) in [6.07, 6.45) is 1.92. The molecule has 2 heterocycles. The summed E-state index contributed by atoms with van der Waals surface area (Å²) in [7, 11) is 1.71. The predicted molar refractivity (Wildman–Crippen MR) is 83.2 cm³/mol. The first-order valence-corrected chi connectivity index (χ1v) is 7.60. The molecule has 1 aromatic heterocycles. The molecule has 1 amide bonds. The summed E-state index contributed by atoms with van der Waals surface area (Å²) >= 11 is 4.90. The molecule has 7 heteroatoms.